The summed E-state index contributed by atoms with van der Waals surface area (Å²) in [5.41, 5.74) is 6.24. The number of allylic oxidation sites excluding steroid dienone is 1. The Balaban J connectivity index is 2.08. The molecule has 0 N–H and O–H groups in total. The molecule has 23 heavy (non-hydrogen) atoms. The molecule has 1 aliphatic carbocycles. The molecule has 0 unspecified atom stereocenters. The van der Waals surface area contributed by atoms with E-state index in [2.05, 4.69) is 65.9 Å². The quantitative estimate of drug-likeness (QED) is 0.443. The Morgan fingerprint density at radius 1 is 1.04 bits per heavy atom. The van der Waals surface area contributed by atoms with E-state index in [4.69, 9.17) is 4.98 Å². The molecule has 1 aliphatic rings. The number of aromatic nitrogens is 2. The third-order valence-electron chi connectivity index (χ3n) is 5.00. The SMILES string of the molecule is CCc1ccc2c(c1)c1ccccc1c1nc3c(n21)CCC=C3. The summed E-state index contributed by atoms with van der Waals surface area (Å²) in [7, 11) is 0. The number of pyridine rings is 1. The van der Waals surface area contributed by atoms with Crippen molar-refractivity contribution >= 4 is 33.4 Å². The smallest absolute Gasteiger partial charge is 0.146 e. The van der Waals surface area contributed by atoms with E-state index in [1.165, 1.54) is 32.9 Å². The molecule has 4 aromatic rings. The van der Waals surface area contributed by atoms with Crippen molar-refractivity contribution in [2.24, 2.45) is 0 Å². The first kappa shape index (κ1) is 12.9. The zero-order valence-electron chi connectivity index (χ0n) is 13.2. The first-order chi connectivity index (χ1) is 11.4. The molecule has 2 aromatic carbocycles. The third kappa shape index (κ3) is 1.72. The van der Waals surface area contributed by atoms with Crippen molar-refractivity contribution < 1.29 is 0 Å². The van der Waals surface area contributed by atoms with Crippen LogP contribution in [0, 0.1) is 0 Å². The molecule has 0 fully saturated rings. The van der Waals surface area contributed by atoms with E-state index in [-0.39, 0.29) is 0 Å². The van der Waals surface area contributed by atoms with Crippen LogP contribution in [0.3, 0.4) is 0 Å². The van der Waals surface area contributed by atoms with Gasteiger partial charge in [0.2, 0.25) is 0 Å². The fourth-order valence-corrected chi connectivity index (χ4v) is 3.83. The van der Waals surface area contributed by atoms with E-state index in [1.54, 1.807) is 0 Å². The van der Waals surface area contributed by atoms with Crippen LogP contribution in [0.15, 0.2) is 48.5 Å². The molecule has 0 bridgehead atoms. The molecule has 5 rings (SSSR count). The second-order valence-corrected chi connectivity index (χ2v) is 6.29. The Hall–Kier alpha value is -2.61. The highest BCUT2D eigenvalue weighted by Crippen LogP contribution is 2.33. The van der Waals surface area contributed by atoms with Gasteiger partial charge in [-0.1, -0.05) is 43.3 Å². The lowest BCUT2D eigenvalue weighted by Crippen LogP contribution is -1.99. The molecular weight excluding hydrogens is 280 g/mol. The lowest BCUT2D eigenvalue weighted by Gasteiger charge is -2.12. The van der Waals surface area contributed by atoms with Crippen LogP contribution < -0.4 is 0 Å². The Bertz CT molecular complexity index is 1100. The van der Waals surface area contributed by atoms with E-state index < -0.39 is 0 Å². The number of aryl methyl sites for hydroxylation is 2. The average molecular weight is 298 g/mol. The second kappa shape index (κ2) is 4.69. The fourth-order valence-electron chi connectivity index (χ4n) is 3.83. The molecule has 2 nitrogen and oxygen atoms in total. The van der Waals surface area contributed by atoms with Crippen molar-refractivity contribution in [2.75, 3.05) is 0 Å². The topological polar surface area (TPSA) is 17.3 Å². The zero-order valence-corrected chi connectivity index (χ0v) is 13.2. The van der Waals surface area contributed by atoms with Crippen LogP contribution in [0.25, 0.3) is 33.4 Å². The highest BCUT2D eigenvalue weighted by molar-refractivity contribution is 6.12. The Kier molecular flexibility index (Phi) is 2.63. The second-order valence-electron chi connectivity index (χ2n) is 6.29. The van der Waals surface area contributed by atoms with E-state index in [0.717, 1.165) is 30.6 Å². The van der Waals surface area contributed by atoms with E-state index in [0.29, 0.717) is 0 Å². The minimum atomic E-state index is 1.06. The van der Waals surface area contributed by atoms with E-state index >= 15 is 0 Å². The summed E-state index contributed by atoms with van der Waals surface area (Å²) in [5, 5.41) is 3.88. The number of hydrogen-bond acceptors (Lipinski definition) is 1. The lowest BCUT2D eigenvalue weighted by atomic mass is 10.0. The van der Waals surface area contributed by atoms with Crippen molar-refractivity contribution in [2.45, 2.75) is 26.2 Å². The Labute approximate surface area is 135 Å². The number of nitrogens with zero attached hydrogens (tertiary/aromatic N) is 2. The van der Waals surface area contributed by atoms with Crippen molar-refractivity contribution in [1.29, 1.82) is 0 Å². The van der Waals surface area contributed by atoms with Gasteiger partial charge in [0.15, 0.2) is 0 Å². The van der Waals surface area contributed by atoms with Gasteiger partial charge in [-0.05, 0) is 48.4 Å². The minimum absolute atomic E-state index is 1.06. The predicted molar refractivity (Wildman–Crippen MR) is 96.9 cm³/mol. The predicted octanol–water partition coefficient (Wildman–Crippen LogP) is 5.16. The van der Waals surface area contributed by atoms with Gasteiger partial charge in [-0.25, -0.2) is 4.98 Å². The van der Waals surface area contributed by atoms with Crippen LogP contribution in [0.1, 0.15) is 30.3 Å². The van der Waals surface area contributed by atoms with Crippen LogP contribution >= 0.6 is 0 Å². The van der Waals surface area contributed by atoms with Crippen LogP contribution in [0.5, 0.6) is 0 Å². The van der Waals surface area contributed by atoms with Gasteiger partial charge in [0.25, 0.3) is 0 Å². The summed E-state index contributed by atoms with van der Waals surface area (Å²) < 4.78 is 2.38. The monoisotopic (exact) mass is 298 g/mol. The fraction of sp³-hybridized carbons (Fsp3) is 0.190. The zero-order chi connectivity index (χ0) is 15.4. The molecule has 0 saturated heterocycles. The van der Waals surface area contributed by atoms with Crippen molar-refractivity contribution in [3.05, 3.63) is 65.5 Å². The largest absolute Gasteiger partial charge is 0.295 e. The molecule has 0 amide bonds. The maximum atomic E-state index is 4.95. The van der Waals surface area contributed by atoms with Crippen molar-refractivity contribution in [3.63, 3.8) is 0 Å². The van der Waals surface area contributed by atoms with Gasteiger partial charge in [-0.15, -0.1) is 0 Å². The Morgan fingerprint density at radius 2 is 1.91 bits per heavy atom. The highest BCUT2D eigenvalue weighted by atomic mass is 15.0. The van der Waals surface area contributed by atoms with Gasteiger partial charge in [0.1, 0.15) is 5.65 Å². The van der Waals surface area contributed by atoms with Gasteiger partial charge in [0, 0.05) is 10.8 Å². The molecule has 0 saturated carbocycles. The van der Waals surface area contributed by atoms with Crippen LogP contribution in [0.2, 0.25) is 0 Å². The normalized spacial score (nSPS) is 14.0. The molecule has 0 radical (unpaired) electrons. The first-order valence-electron chi connectivity index (χ1n) is 8.38. The molecule has 0 atom stereocenters. The van der Waals surface area contributed by atoms with E-state index in [9.17, 15) is 0 Å². The average Bonchev–Trinajstić information content (AvgIpc) is 3.01. The first-order valence-corrected chi connectivity index (χ1v) is 8.38. The third-order valence-corrected chi connectivity index (χ3v) is 5.00. The number of hydrogen-bond donors (Lipinski definition) is 0. The van der Waals surface area contributed by atoms with Crippen molar-refractivity contribution in [3.8, 4) is 0 Å². The minimum Gasteiger partial charge on any atom is -0.295 e. The van der Waals surface area contributed by atoms with Gasteiger partial charge in [-0.2, -0.15) is 0 Å². The van der Waals surface area contributed by atoms with Gasteiger partial charge in [-0.3, -0.25) is 4.40 Å². The maximum Gasteiger partial charge on any atom is 0.146 e. The van der Waals surface area contributed by atoms with Gasteiger partial charge in [0.05, 0.1) is 16.9 Å². The molecule has 2 heteroatoms. The van der Waals surface area contributed by atoms with Gasteiger partial charge >= 0.3 is 0 Å². The molecule has 0 spiro atoms. The molecule has 2 aromatic heterocycles. The van der Waals surface area contributed by atoms with Crippen LogP contribution in [-0.4, -0.2) is 9.38 Å². The molecule has 0 aliphatic heterocycles. The number of fused-ring (bicyclic) bond motifs is 8. The number of rotatable bonds is 1. The Morgan fingerprint density at radius 3 is 2.78 bits per heavy atom. The highest BCUT2D eigenvalue weighted by Gasteiger charge is 2.17. The summed E-state index contributed by atoms with van der Waals surface area (Å²) in [5.74, 6) is 0. The van der Waals surface area contributed by atoms with Crippen LogP contribution in [0.4, 0.5) is 0 Å². The summed E-state index contributed by atoms with van der Waals surface area (Å²) in [6.07, 6.45) is 7.63. The van der Waals surface area contributed by atoms with E-state index in [1.807, 2.05) is 0 Å². The maximum absolute atomic E-state index is 4.95. The molecule has 2 heterocycles. The number of imidazole rings is 1. The number of benzene rings is 2. The lowest BCUT2D eigenvalue weighted by molar-refractivity contribution is 0.921. The summed E-state index contributed by atoms with van der Waals surface area (Å²) >= 11 is 0. The standard InChI is InChI=1S/C21H18N2/c1-2-14-11-12-19-17(13-14)15-7-3-4-8-16(15)21-22-18-9-5-6-10-20(18)23(19)21/h3-5,7-9,11-13H,2,6,10H2,1H3. The summed E-state index contributed by atoms with van der Waals surface area (Å²) in [6, 6.07) is 15.5. The summed E-state index contributed by atoms with van der Waals surface area (Å²) in [6.45, 7) is 2.21. The van der Waals surface area contributed by atoms with Crippen LogP contribution in [-0.2, 0) is 12.8 Å². The molecule has 112 valence electrons. The van der Waals surface area contributed by atoms with Gasteiger partial charge < -0.3 is 0 Å². The van der Waals surface area contributed by atoms with Crippen molar-refractivity contribution in [1.82, 2.24) is 9.38 Å². The molecular formula is C21H18N2. The summed E-state index contributed by atoms with van der Waals surface area (Å²) in [4.78, 5) is 4.95.